The summed E-state index contributed by atoms with van der Waals surface area (Å²) in [6, 6.07) is 24.8. The van der Waals surface area contributed by atoms with Crippen LogP contribution in [0.2, 0.25) is 0 Å². The number of esters is 1. The van der Waals surface area contributed by atoms with Gasteiger partial charge < -0.3 is 19.9 Å². The predicted molar refractivity (Wildman–Crippen MR) is 142 cm³/mol. The molecule has 38 heavy (non-hydrogen) atoms. The molecule has 0 aliphatic rings. The highest BCUT2D eigenvalue weighted by molar-refractivity contribution is 6.03. The molecule has 4 rings (SSSR count). The number of nitrogens with zero attached hydrogens (tertiary/aromatic N) is 2. The number of aromatic hydroxyl groups is 1. The molecule has 192 valence electrons. The minimum atomic E-state index is -0.782. The minimum Gasteiger partial charge on any atom is -0.505 e. The molecule has 1 atom stereocenters. The van der Waals surface area contributed by atoms with Crippen molar-refractivity contribution >= 4 is 22.6 Å². The van der Waals surface area contributed by atoms with Gasteiger partial charge in [0.05, 0.1) is 5.92 Å². The molecular formula is C30H27N3O5. The molecule has 0 saturated carbocycles. The number of para-hydroxylation sites is 1. The maximum absolute atomic E-state index is 13.1. The van der Waals surface area contributed by atoms with E-state index in [1.807, 2.05) is 30.3 Å². The second kappa shape index (κ2) is 11.0. The first-order valence-electron chi connectivity index (χ1n) is 12.0. The van der Waals surface area contributed by atoms with Crippen LogP contribution in [-0.4, -0.2) is 34.1 Å². The Labute approximate surface area is 220 Å². The van der Waals surface area contributed by atoms with Gasteiger partial charge in [-0.1, -0.05) is 48.5 Å². The second-order valence-corrected chi connectivity index (χ2v) is 9.60. The Bertz CT molecular complexity index is 1510. The lowest BCUT2D eigenvalue weighted by Crippen LogP contribution is -2.36. The summed E-state index contributed by atoms with van der Waals surface area (Å²) in [6.07, 6.45) is 0. The van der Waals surface area contributed by atoms with Crippen LogP contribution in [0.25, 0.3) is 10.8 Å². The number of fused-ring (bicyclic) bond motifs is 1. The van der Waals surface area contributed by atoms with Crippen molar-refractivity contribution in [3.63, 3.8) is 0 Å². The molecule has 8 nitrogen and oxygen atoms in total. The van der Waals surface area contributed by atoms with Crippen LogP contribution in [0, 0.1) is 11.3 Å². The topological polar surface area (TPSA) is 122 Å². The van der Waals surface area contributed by atoms with E-state index in [1.165, 1.54) is 0 Å². The summed E-state index contributed by atoms with van der Waals surface area (Å²) in [5.41, 5.74) is -0.409. The molecule has 0 saturated heterocycles. The number of amides is 1. The molecule has 1 amide bonds. The minimum absolute atomic E-state index is 0.0480. The first-order valence-corrected chi connectivity index (χ1v) is 12.0. The van der Waals surface area contributed by atoms with Crippen molar-refractivity contribution in [1.29, 1.82) is 5.26 Å². The van der Waals surface area contributed by atoms with Gasteiger partial charge in [-0.2, -0.15) is 5.26 Å². The van der Waals surface area contributed by atoms with E-state index in [1.54, 1.807) is 75.4 Å². The van der Waals surface area contributed by atoms with Crippen molar-refractivity contribution in [3.8, 4) is 23.3 Å². The fourth-order valence-corrected chi connectivity index (χ4v) is 3.88. The molecule has 1 aromatic heterocycles. The Morgan fingerprint density at radius 1 is 0.974 bits per heavy atom. The Balaban J connectivity index is 1.60. The predicted octanol–water partition coefficient (Wildman–Crippen LogP) is 5.46. The fourth-order valence-electron chi connectivity index (χ4n) is 3.88. The average Bonchev–Trinajstić information content (AvgIpc) is 2.89. The van der Waals surface area contributed by atoms with Crippen LogP contribution in [0.3, 0.4) is 0 Å². The van der Waals surface area contributed by atoms with Crippen molar-refractivity contribution in [2.75, 3.05) is 6.54 Å². The van der Waals surface area contributed by atoms with Gasteiger partial charge in [-0.05, 0) is 56.7 Å². The van der Waals surface area contributed by atoms with Gasteiger partial charge in [0, 0.05) is 17.3 Å². The highest BCUT2D eigenvalue weighted by atomic mass is 16.6. The summed E-state index contributed by atoms with van der Waals surface area (Å²) < 4.78 is 11.4. The zero-order valence-corrected chi connectivity index (χ0v) is 21.3. The van der Waals surface area contributed by atoms with E-state index in [9.17, 15) is 20.0 Å². The number of hydrogen-bond donors (Lipinski definition) is 2. The van der Waals surface area contributed by atoms with Crippen LogP contribution in [0.1, 0.15) is 48.4 Å². The largest absolute Gasteiger partial charge is 0.505 e. The van der Waals surface area contributed by atoms with Crippen molar-refractivity contribution < 1.29 is 24.2 Å². The van der Waals surface area contributed by atoms with Gasteiger partial charge in [-0.3, -0.25) is 9.59 Å². The molecule has 2 N–H and O–H groups in total. The summed E-state index contributed by atoms with van der Waals surface area (Å²) in [4.78, 5) is 30.2. The van der Waals surface area contributed by atoms with E-state index in [0.29, 0.717) is 22.4 Å². The quantitative estimate of drug-likeness (QED) is 0.317. The number of nitrogens with one attached hydrogen (secondary N) is 1. The summed E-state index contributed by atoms with van der Waals surface area (Å²) >= 11 is 0. The summed E-state index contributed by atoms with van der Waals surface area (Å²) in [5.74, 6) is -1.33. The number of hydrogen-bond acceptors (Lipinski definition) is 7. The van der Waals surface area contributed by atoms with Gasteiger partial charge >= 0.3 is 5.97 Å². The number of rotatable bonds is 7. The molecule has 0 radical (unpaired) electrons. The Kier molecular flexibility index (Phi) is 7.58. The zero-order valence-electron chi connectivity index (χ0n) is 21.3. The number of carbonyl (C=O) groups is 2. The highest BCUT2D eigenvalue weighted by Crippen LogP contribution is 2.33. The first kappa shape index (κ1) is 26.2. The van der Waals surface area contributed by atoms with Crippen LogP contribution >= 0.6 is 0 Å². The van der Waals surface area contributed by atoms with Crippen molar-refractivity contribution in [2.45, 2.75) is 32.3 Å². The van der Waals surface area contributed by atoms with E-state index in [-0.39, 0.29) is 29.1 Å². The maximum Gasteiger partial charge on any atom is 0.315 e. The van der Waals surface area contributed by atoms with E-state index < -0.39 is 23.4 Å². The van der Waals surface area contributed by atoms with E-state index in [0.717, 1.165) is 0 Å². The lowest BCUT2D eigenvalue weighted by atomic mass is 9.98. The molecule has 0 bridgehead atoms. The maximum atomic E-state index is 13.1. The summed E-state index contributed by atoms with van der Waals surface area (Å²) in [6.45, 7) is 5.20. The molecule has 1 unspecified atom stereocenters. The summed E-state index contributed by atoms with van der Waals surface area (Å²) in [5, 5.41) is 23.9. The molecule has 8 heteroatoms. The van der Waals surface area contributed by atoms with Crippen molar-refractivity contribution in [3.05, 3.63) is 95.8 Å². The van der Waals surface area contributed by atoms with Crippen LogP contribution in [0.5, 0.6) is 17.2 Å². The third kappa shape index (κ3) is 6.08. The highest BCUT2D eigenvalue weighted by Gasteiger charge is 2.28. The molecule has 0 aliphatic carbocycles. The van der Waals surface area contributed by atoms with Gasteiger partial charge in [0.1, 0.15) is 28.9 Å². The molecule has 0 aliphatic heterocycles. The molecular weight excluding hydrogens is 482 g/mol. The number of ether oxygens (including phenoxy) is 2. The van der Waals surface area contributed by atoms with Gasteiger partial charge in [-0.15, -0.1) is 0 Å². The molecule has 0 spiro atoms. The van der Waals surface area contributed by atoms with Crippen LogP contribution < -0.4 is 10.1 Å². The lowest BCUT2D eigenvalue weighted by molar-refractivity contribution is -0.156. The first-order chi connectivity index (χ1) is 18.2. The van der Waals surface area contributed by atoms with E-state index in [4.69, 9.17) is 9.47 Å². The fraction of sp³-hybridized carbons (Fsp3) is 0.200. The van der Waals surface area contributed by atoms with E-state index >= 15 is 0 Å². The monoisotopic (exact) mass is 509 g/mol. The number of carbonyl (C=O) groups excluding carboxylic acids is 2. The van der Waals surface area contributed by atoms with Crippen LogP contribution in [0.4, 0.5) is 0 Å². The number of nitriles is 1. The SMILES string of the molecule is CC(C)(C)OC(=O)C(CNC(=O)c1nc(C#N)c2cc(Oc3ccccc3)ccc2c1O)c1ccccc1. The number of benzene rings is 3. The van der Waals surface area contributed by atoms with Gasteiger partial charge in [-0.25, -0.2) is 4.98 Å². The molecule has 1 heterocycles. The smallest absolute Gasteiger partial charge is 0.315 e. The van der Waals surface area contributed by atoms with Gasteiger partial charge in [0.15, 0.2) is 11.4 Å². The molecule has 4 aromatic rings. The second-order valence-electron chi connectivity index (χ2n) is 9.60. The Morgan fingerprint density at radius 3 is 2.26 bits per heavy atom. The Morgan fingerprint density at radius 2 is 1.63 bits per heavy atom. The Hall–Kier alpha value is -4.90. The van der Waals surface area contributed by atoms with Gasteiger partial charge in [0.25, 0.3) is 5.91 Å². The normalized spacial score (nSPS) is 11.8. The standard InChI is InChI=1S/C30H27N3O5/c1-30(2,3)38-29(36)24(19-10-6-4-7-11-19)18-32-28(35)26-27(34)22-15-14-21(16-23(22)25(17-31)33-26)37-20-12-8-5-9-13-20/h4-16,24,34H,18H2,1-3H3,(H,32,35). The van der Waals surface area contributed by atoms with Crippen molar-refractivity contribution in [1.82, 2.24) is 10.3 Å². The zero-order chi connectivity index (χ0) is 27.3. The van der Waals surface area contributed by atoms with E-state index in [2.05, 4.69) is 10.3 Å². The average molecular weight is 510 g/mol. The summed E-state index contributed by atoms with van der Waals surface area (Å²) in [7, 11) is 0. The number of aromatic nitrogens is 1. The van der Waals surface area contributed by atoms with Crippen LogP contribution in [-0.2, 0) is 9.53 Å². The number of pyridine rings is 1. The molecule has 0 fully saturated rings. The van der Waals surface area contributed by atoms with Gasteiger partial charge in [0.2, 0.25) is 0 Å². The lowest BCUT2D eigenvalue weighted by Gasteiger charge is -2.24. The molecule has 3 aromatic carbocycles. The van der Waals surface area contributed by atoms with Crippen molar-refractivity contribution in [2.24, 2.45) is 0 Å². The van der Waals surface area contributed by atoms with Crippen LogP contribution in [0.15, 0.2) is 78.9 Å². The third-order valence-corrected chi connectivity index (χ3v) is 5.61. The third-order valence-electron chi connectivity index (χ3n) is 5.61.